The quantitative estimate of drug-likeness (QED) is 0.635. The summed E-state index contributed by atoms with van der Waals surface area (Å²) in [6.45, 7) is 4.27. The number of hydrogen-bond acceptors (Lipinski definition) is 4. The second kappa shape index (κ2) is 5.75. The van der Waals surface area contributed by atoms with Crippen LogP contribution < -0.4 is 10.9 Å². The third-order valence-electron chi connectivity index (χ3n) is 2.53. The van der Waals surface area contributed by atoms with Gasteiger partial charge in [0.05, 0.1) is 4.90 Å². The van der Waals surface area contributed by atoms with Crippen molar-refractivity contribution in [1.29, 1.82) is 0 Å². The van der Waals surface area contributed by atoms with Gasteiger partial charge in [-0.15, -0.1) is 11.8 Å². The van der Waals surface area contributed by atoms with Crippen LogP contribution in [0, 0.1) is 5.92 Å². The number of benzene rings is 1. The third-order valence-corrected chi connectivity index (χ3v) is 4.85. The summed E-state index contributed by atoms with van der Waals surface area (Å²) in [6, 6.07) is 4.55. The minimum atomic E-state index is -3.66. The van der Waals surface area contributed by atoms with Gasteiger partial charge < -0.3 is 5.73 Å². The van der Waals surface area contributed by atoms with Gasteiger partial charge in [0.2, 0.25) is 10.0 Å². The standard InChI is InChI=1S/C11H18N2O2S2/c1-3-8(2)7-16-11-6-9(17(13,14)15)4-5-10(11)12/h4-6,8H,3,7,12H2,1-2H3,(H2,13,14,15). The predicted octanol–water partition coefficient (Wildman–Crippen LogP) is 2.05. The fraction of sp³-hybridized carbons (Fsp3) is 0.455. The zero-order valence-corrected chi connectivity index (χ0v) is 11.6. The van der Waals surface area contributed by atoms with Gasteiger partial charge in [0, 0.05) is 16.3 Å². The van der Waals surface area contributed by atoms with Crippen LogP contribution in [-0.2, 0) is 10.0 Å². The Hall–Kier alpha value is -0.720. The van der Waals surface area contributed by atoms with Crippen LogP contribution in [0.25, 0.3) is 0 Å². The predicted molar refractivity (Wildman–Crippen MR) is 72.4 cm³/mol. The number of rotatable bonds is 5. The molecule has 0 radical (unpaired) electrons. The Morgan fingerprint density at radius 3 is 2.59 bits per heavy atom. The Morgan fingerprint density at radius 2 is 2.06 bits per heavy atom. The number of primary sulfonamides is 1. The largest absolute Gasteiger partial charge is 0.398 e. The number of hydrogen-bond donors (Lipinski definition) is 2. The normalized spacial score (nSPS) is 13.6. The first kappa shape index (κ1) is 14.3. The van der Waals surface area contributed by atoms with E-state index in [2.05, 4.69) is 13.8 Å². The summed E-state index contributed by atoms with van der Waals surface area (Å²) >= 11 is 1.56. The van der Waals surface area contributed by atoms with Crippen molar-refractivity contribution >= 4 is 27.5 Å². The molecule has 0 fully saturated rings. The molecule has 96 valence electrons. The zero-order chi connectivity index (χ0) is 13.1. The Morgan fingerprint density at radius 1 is 1.41 bits per heavy atom. The average molecular weight is 274 g/mol. The molecule has 4 nitrogen and oxygen atoms in total. The lowest BCUT2D eigenvalue weighted by Gasteiger charge is -2.10. The molecule has 1 aromatic carbocycles. The maximum atomic E-state index is 11.2. The molecule has 0 aliphatic rings. The molecule has 0 aromatic heterocycles. The molecular weight excluding hydrogens is 256 g/mol. The lowest BCUT2D eigenvalue weighted by atomic mass is 10.2. The Kier molecular flexibility index (Phi) is 4.85. The van der Waals surface area contributed by atoms with Gasteiger partial charge in [0.25, 0.3) is 0 Å². The third kappa shape index (κ3) is 4.22. The van der Waals surface area contributed by atoms with Gasteiger partial charge in [-0.25, -0.2) is 13.6 Å². The molecular formula is C11H18N2O2S2. The number of thioether (sulfide) groups is 1. The van der Waals surface area contributed by atoms with E-state index in [4.69, 9.17) is 10.9 Å². The molecule has 4 N–H and O–H groups in total. The van der Waals surface area contributed by atoms with Crippen LogP contribution in [0.1, 0.15) is 20.3 Å². The Labute approximate surface area is 107 Å². The summed E-state index contributed by atoms with van der Waals surface area (Å²) in [4.78, 5) is 0.884. The van der Waals surface area contributed by atoms with Crippen molar-refractivity contribution in [3.63, 3.8) is 0 Å². The first-order valence-electron chi connectivity index (χ1n) is 5.39. The number of anilines is 1. The van der Waals surface area contributed by atoms with Crippen molar-refractivity contribution in [2.75, 3.05) is 11.5 Å². The monoisotopic (exact) mass is 274 g/mol. The molecule has 0 saturated carbocycles. The molecule has 0 heterocycles. The molecule has 0 amide bonds. The van der Waals surface area contributed by atoms with Crippen LogP contribution in [0.5, 0.6) is 0 Å². The maximum Gasteiger partial charge on any atom is 0.238 e. The average Bonchev–Trinajstić information content (AvgIpc) is 2.26. The Bertz CT molecular complexity index is 486. The van der Waals surface area contributed by atoms with E-state index in [0.717, 1.165) is 17.1 Å². The lowest BCUT2D eigenvalue weighted by Crippen LogP contribution is -2.12. The molecule has 1 atom stereocenters. The van der Waals surface area contributed by atoms with Crippen LogP contribution in [0.2, 0.25) is 0 Å². The summed E-state index contributed by atoms with van der Waals surface area (Å²) in [7, 11) is -3.66. The molecule has 6 heteroatoms. The smallest absolute Gasteiger partial charge is 0.238 e. The van der Waals surface area contributed by atoms with Crippen molar-refractivity contribution in [2.24, 2.45) is 11.1 Å². The molecule has 0 saturated heterocycles. The van der Waals surface area contributed by atoms with Gasteiger partial charge in [-0.1, -0.05) is 20.3 Å². The molecule has 0 aliphatic heterocycles. The topological polar surface area (TPSA) is 86.2 Å². The van der Waals surface area contributed by atoms with Crippen molar-refractivity contribution in [3.05, 3.63) is 18.2 Å². The van der Waals surface area contributed by atoms with Crippen LogP contribution in [0.4, 0.5) is 5.69 Å². The highest BCUT2D eigenvalue weighted by Gasteiger charge is 2.11. The van der Waals surface area contributed by atoms with Crippen molar-refractivity contribution < 1.29 is 8.42 Å². The van der Waals surface area contributed by atoms with Crippen molar-refractivity contribution in [1.82, 2.24) is 0 Å². The fourth-order valence-electron chi connectivity index (χ4n) is 1.17. The molecule has 0 bridgehead atoms. The zero-order valence-electron chi connectivity index (χ0n) is 10.0. The lowest BCUT2D eigenvalue weighted by molar-refractivity contribution is 0.597. The minimum Gasteiger partial charge on any atom is -0.398 e. The van der Waals surface area contributed by atoms with E-state index >= 15 is 0 Å². The van der Waals surface area contributed by atoms with E-state index in [0.29, 0.717) is 11.6 Å². The number of sulfonamides is 1. The second-order valence-corrected chi connectivity index (χ2v) is 6.69. The first-order chi connectivity index (χ1) is 7.84. The van der Waals surface area contributed by atoms with Gasteiger partial charge in [-0.05, 0) is 24.1 Å². The van der Waals surface area contributed by atoms with Crippen LogP contribution in [0.15, 0.2) is 28.0 Å². The number of nitrogen functional groups attached to an aromatic ring is 1. The van der Waals surface area contributed by atoms with Gasteiger partial charge in [0.15, 0.2) is 0 Å². The molecule has 17 heavy (non-hydrogen) atoms. The van der Waals surface area contributed by atoms with E-state index < -0.39 is 10.0 Å². The van der Waals surface area contributed by atoms with Crippen molar-refractivity contribution in [3.8, 4) is 0 Å². The molecule has 0 aliphatic carbocycles. The molecule has 1 aromatic rings. The summed E-state index contributed by atoms with van der Waals surface area (Å²) in [5.74, 6) is 1.48. The summed E-state index contributed by atoms with van der Waals surface area (Å²) in [5, 5.41) is 5.08. The van der Waals surface area contributed by atoms with Gasteiger partial charge in [-0.3, -0.25) is 0 Å². The van der Waals surface area contributed by atoms with Crippen molar-refractivity contribution in [2.45, 2.75) is 30.1 Å². The summed E-state index contributed by atoms with van der Waals surface area (Å²) in [5.41, 5.74) is 6.39. The molecule has 0 spiro atoms. The van der Waals surface area contributed by atoms with E-state index in [1.807, 2.05) is 0 Å². The Balaban J connectivity index is 2.92. The highest BCUT2D eigenvalue weighted by atomic mass is 32.2. The highest BCUT2D eigenvalue weighted by Crippen LogP contribution is 2.29. The van der Waals surface area contributed by atoms with Gasteiger partial charge in [-0.2, -0.15) is 0 Å². The SMILES string of the molecule is CCC(C)CSc1cc(S(N)(=O)=O)ccc1N. The van der Waals surface area contributed by atoms with Gasteiger partial charge >= 0.3 is 0 Å². The van der Waals surface area contributed by atoms with E-state index in [-0.39, 0.29) is 4.90 Å². The van der Waals surface area contributed by atoms with Crippen LogP contribution in [-0.4, -0.2) is 14.2 Å². The maximum absolute atomic E-state index is 11.2. The second-order valence-electron chi connectivity index (χ2n) is 4.07. The molecule has 1 unspecified atom stereocenters. The minimum absolute atomic E-state index is 0.110. The van der Waals surface area contributed by atoms with Crippen LogP contribution >= 0.6 is 11.8 Å². The van der Waals surface area contributed by atoms with E-state index in [9.17, 15) is 8.42 Å². The first-order valence-corrected chi connectivity index (χ1v) is 7.93. The van der Waals surface area contributed by atoms with E-state index in [1.165, 1.54) is 12.1 Å². The molecule has 1 rings (SSSR count). The van der Waals surface area contributed by atoms with Crippen LogP contribution in [0.3, 0.4) is 0 Å². The van der Waals surface area contributed by atoms with Gasteiger partial charge in [0.1, 0.15) is 0 Å². The fourth-order valence-corrected chi connectivity index (χ4v) is 2.93. The number of nitrogens with two attached hydrogens (primary N) is 2. The van der Waals surface area contributed by atoms with E-state index in [1.54, 1.807) is 17.8 Å². The summed E-state index contributed by atoms with van der Waals surface area (Å²) in [6.07, 6.45) is 1.09. The summed E-state index contributed by atoms with van der Waals surface area (Å²) < 4.78 is 22.4. The highest BCUT2D eigenvalue weighted by molar-refractivity contribution is 7.99.